The van der Waals surface area contributed by atoms with E-state index in [2.05, 4.69) is 20.4 Å². The molecule has 146 valence electrons. The fraction of sp³-hybridized carbons (Fsp3) is 0.267. The number of aliphatic carboxylic acids is 1. The molecular weight excluding hydrogens is 403 g/mol. The number of hydrogen-bond donors (Lipinski definition) is 4. The zero-order chi connectivity index (χ0) is 20.6. The Morgan fingerprint density at radius 2 is 1.85 bits per heavy atom. The fourth-order valence-electron chi connectivity index (χ4n) is 1.78. The molecule has 0 spiro atoms. The van der Waals surface area contributed by atoms with Crippen molar-refractivity contribution in [1.29, 1.82) is 0 Å². The van der Waals surface area contributed by atoms with Crippen LogP contribution in [0.3, 0.4) is 0 Å². The van der Waals surface area contributed by atoms with Crippen molar-refractivity contribution in [3.63, 3.8) is 0 Å². The van der Waals surface area contributed by atoms with Gasteiger partial charge in [-0.3, -0.25) is 14.9 Å². The van der Waals surface area contributed by atoms with Crippen molar-refractivity contribution in [1.82, 2.24) is 10.6 Å². The predicted molar refractivity (Wildman–Crippen MR) is 96.5 cm³/mol. The summed E-state index contributed by atoms with van der Waals surface area (Å²) in [5.41, 5.74) is 5.79. The van der Waals surface area contributed by atoms with Gasteiger partial charge in [-0.15, -0.1) is 4.99 Å². The van der Waals surface area contributed by atoms with Crippen molar-refractivity contribution in [3.05, 3.63) is 33.8 Å². The number of nitrogens with zero attached hydrogens (tertiary/aromatic N) is 1. The van der Waals surface area contributed by atoms with Crippen LogP contribution in [0.2, 0.25) is 10.0 Å². The lowest BCUT2D eigenvalue weighted by molar-refractivity contribution is -0.142. The van der Waals surface area contributed by atoms with Crippen molar-refractivity contribution in [2.45, 2.75) is 19.4 Å². The van der Waals surface area contributed by atoms with Gasteiger partial charge in [-0.2, -0.15) is 0 Å². The van der Waals surface area contributed by atoms with Gasteiger partial charge in [0.25, 0.3) is 0 Å². The summed E-state index contributed by atoms with van der Waals surface area (Å²) in [4.78, 5) is 48.5. The van der Waals surface area contributed by atoms with Crippen LogP contribution >= 0.6 is 23.2 Å². The quantitative estimate of drug-likeness (QED) is 0.390. The zero-order valence-electron chi connectivity index (χ0n) is 14.0. The zero-order valence-corrected chi connectivity index (χ0v) is 15.5. The molecule has 1 aromatic rings. The minimum absolute atomic E-state index is 0.215. The Hall–Kier alpha value is -2.85. The third-order valence-electron chi connectivity index (χ3n) is 2.93. The fourth-order valence-corrected chi connectivity index (χ4v) is 2.31. The van der Waals surface area contributed by atoms with Gasteiger partial charge < -0.3 is 20.9 Å². The molecule has 0 aliphatic rings. The second-order valence-corrected chi connectivity index (χ2v) is 5.90. The molecule has 12 heteroatoms. The highest BCUT2D eigenvalue weighted by Gasteiger charge is 2.20. The summed E-state index contributed by atoms with van der Waals surface area (Å²) in [5, 5.41) is 13.6. The van der Waals surface area contributed by atoms with E-state index in [-0.39, 0.29) is 16.5 Å². The normalized spacial score (nSPS) is 12.0. The number of carboxylic acids is 1. The summed E-state index contributed by atoms with van der Waals surface area (Å²) in [6.07, 6.45) is -1.46. The number of amides is 3. The van der Waals surface area contributed by atoms with Gasteiger partial charge in [-0.25, -0.2) is 9.59 Å². The molecule has 1 aromatic carbocycles. The lowest BCUT2D eigenvalue weighted by Gasteiger charge is -2.12. The molecule has 1 rings (SSSR count). The van der Waals surface area contributed by atoms with E-state index in [1.807, 2.05) is 0 Å². The number of benzene rings is 1. The third kappa shape index (κ3) is 7.92. The summed E-state index contributed by atoms with van der Waals surface area (Å²) in [5.74, 6) is -3.23. The lowest BCUT2D eigenvalue weighted by atomic mass is 10.1. The largest absolute Gasteiger partial charge is 0.480 e. The van der Waals surface area contributed by atoms with Crippen LogP contribution in [-0.4, -0.2) is 47.6 Å². The molecule has 5 N–H and O–H groups in total. The van der Waals surface area contributed by atoms with Crippen LogP contribution in [0.5, 0.6) is 0 Å². The molecular formula is C15H16Cl2N4O6. The van der Waals surface area contributed by atoms with Crippen LogP contribution in [0, 0.1) is 0 Å². The number of carbonyl (C=O) groups is 4. The maximum atomic E-state index is 11.9. The van der Waals surface area contributed by atoms with E-state index < -0.39 is 42.5 Å². The number of nitrogens with one attached hydrogen (secondary N) is 2. The Balaban J connectivity index is 2.60. The van der Waals surface area contributed by atoms with Gasteiger partial charge >= 0.3 is 12.1 Å². The summed E-state index contributed by atoms with van der Waals surface area (Å²) in [6.45, 7) is 0.433. The van der Waals surface area contributed by atoms with E-state index in [4.69, 9.17) is 34.0 Å². The van der Waals surface area contributed by atoms with Crippen LogP contribution in [0.15, 0.2) is 23.2 Å². The lowest BCUT2D eigenvalue weighted by Crippen LogP contribution is -2.43. The van der Waals surface area contributed by atoms with E-state index in [1.54, 1.807) is 18.2 Å². The van der Waals surface area contributed by atoms with Crippen LogP contribution in [-0.2, 0) is 25.5 Å². The van der Waals surface area contributed by atoms with Crippen LogP contribution in [0.4, 0.5) is 4.79 Å². The Kier molecular flexibility index (Phi) is 8.49. The van der Waals surface area contributed by atoms with Gasteiger partial charge in [0.05, 0.1) is 6.42 Å². The Labute approximate surface area is 163 Å². The number of aliphatic imine (C=N–C) groups is 1. The molecule has 27 heavy (non-hydrogen) atoms. The highest BCUT2D eigenvalue weighted by atomic mass is 35.5. The monoisotopic (exact) mass is 418 g/mol. The van der Waals surface area contributed by atoms with E-state index >= 15 is 0 Å². The molecule has 0 aliphatic carbocycles. The predicted octanol–water partition coefficient (Wildman–Crippen LogP) is 0.693. The molecule has 0 fully saturated rings. The molecule has 3 amide bonds. The first-order chi connectivity index (χ1) is 12.6. The van der Waals surface area contributed by atoms with Gasteiger partial charge in [0.1, 0.15) is 6.61 Å². The Morgan fingerprint density at radius 1 is 1.26 bits per heavy atom. The molecule has 0 radical (unpaired) electrons. The van der Waals surface area contributed by atoms with Crippen molar-refractivity contribution < 1.29 is 29.0 Å². The van der Waals surface area contributed by atoms with E-state index in [0.717, 1.165) is 6.92 Å². The van der Waals surface area contributed by atoms with Gasteiger partial charge in [0, 0.05) is 17.0 Å². The molecule has 0 aromatic heterocycles. The molecule has 0 saturated heterocycles. The van der Waals surface area contributed by atoms with Crippen LogP contribution in [0.25, 0.3) is 0 Å². The number of hydrogen-bond acceptors (Lipinski definition) is 5. The molecule has 0 aliphatic heterocycles. The summed E-state index contributed by atoms with van der Waals surface area (Å²) < 4.78 is 4.58. The maximum absolute atomic E-state index is 11.9. The highest BCUT2D eigenvalue weighted by Crippen LogP contribution is 2.24. The number of carbonyl (C=O) groups excluding carboxylic acids is 3. The minimum atomic E-state index is -1.44. The number of ether oxygens (including phenoxy) is 1. The van der Waals surface area contributed by atoms with Crippen molar-refractivity contribution >= 4 is 53.0 Å². The second-order valence-electron chi connectivity index (χ2n) is 5.09. The average Bonchev–Trinajstić information content (AvgIpc) is 2.54. The first-order valence-electron chi connectivity index (χ1n) is 7.33. The molecule has 1 unspecified atom stereocenters. The standard InChI is InChI=1S/C15H16Cl2N4O6/c1-7(22)19-11(13(24)25)6-27-15(26)21-14(18)20-12(23)5-8-9(16)3-2-4-10(8)17/h2-4,11H,5-6H2,1H3,(H,19,22)(H,24,25)(H3,18,20,21,23,26). The number of carboxylic acid groups (broad SMARTS) is 1. The number of guanidine groups is 1. The molecule has 10 nitrogen and oxygen atoms in total. The van der Waals surface area contributed by atoms with Crippen molar-refractivity contribution in [2.75, 3.05) is 6.61 Å². The summed E-state index contributed by atoms with van der Waals surface area (Å²) in [6, 6.07) is 3.28. The molecule has 1 atom stereocenters. The highest BCUT2D eigenvalue weighted by molar-refractivity contribution is 6.36. The SMILES string of the molecule is CC(=O)NC(COC(=O)N=C(N)NC(=O)Cc1c(Cl)cccc1Cl)C(=O)O. The van der Waals surface area contributed by atoms with E-state index in [1.165, 1.54) is 0 Å². The number of rotatable bonds is 6. The van der Waals surface area contributed by atoms with Crippen LogP contribution in [0.1, 0.15) is 12.5 Å². The van der Waals surface area contributed by atoms with Gasteiger partial charge in [0.2, 0.25) is 17.8 Å². The topological polar surface area (TPSA) is 160 Å². The van der Waals surface area contributed by atoms with Gasteiger partial charge in [0.15, 0.2) is 6.04 Å². The van der Waals surface area contributed by atoms with E-state index in [0.29, 0.717) is 5.56 Å². The first-order valence-corrected chi connectivity index (χ1v) is 8.09. The molecule has 0 bridgehead atoms. The maximum Gasteiger partial charge on any atom is 0.436 e. The van der Waals surface area contributed by atoms with Crippen LogP contribution < -0.4 is 16.4 Å². The smallest absolute Gasteiger partial charge is 0.436 e. The summed E-state index contributed by atoms with van der Waals surface area (Å²) in [7, 11) is 0. The van der Waals surface area contributed by atoms with Gasteiger partial charge in [-0.1, -0.05) is 29.3 Å². The van der Waals surface area contributed by atoms with Gasteiger partial charge in [-0.05, 0) is 17.7 Å². The first kappa shape index (κ1) is 22.2. The number of halogens is 2. The Bertz CT molecular complexity index is 763. The minimum Gasteiger partial charge on any atom is -0.480 e. The second kappa shape index (κ2) is 10.3. The van der Waals surface area contributed by atoms with E-state index in [9.17, 15) is 19.2 Å². The molecule has 0 saturated carbocycles. The van der Waals surface area contributed by atoms with Crippen molar-refractivity contribution in [3.8, 4) is 0 Å². The molecule has 0 heterocycles. The average molecular weight is 419 g/mol. The summed E-state index contributed by atoms with van der Waals surface area (Å²) >= 11 is 11.9. The number of nitrogens with two attached hydrogens (primary N) is 1. The van der Waals surface area contributed by atoms with Crippen molar-refractivity contribution in [2.24, 2.45) is 10.7 Å². The Morgan fingerprint density at radius 3 is 2.37 bits per heavy atom. The third-order valence-corrected chi connectivity index (χ3v) is 3.64.